The molecule has 0 aromatic heterocycles. The molecule has 5 heteroatoms. The van der Waals surface area contributed by atoms with Crippen LogP contribution in [0.1, 0.15) is 0 Å². The summed E-state index contributed by atoms with van der Waals surface area (Å²) < 4.78 is 5.39. The van der Waals surface area contributed by atoms with E-state index in [-0.39, 0.29) is 5.91 Å². The summed E-state index contributed by atoms with van der Waals surface area (Å²) >= 11 is 0. The molecule has 1 fully saturated rings. The molecule has 1 N–H and O–H groups in total. The lowest BCUT2D eigenvalue weighted by atomic mass is 10.1. The van der Waals surface area contributed by atoms with Crippen molar-refractivity contribution in [3.8, 4) is 0 Å². The average Bonchev–Trinajstić information content (AvgIpc) is 2.74. The van der Waals surface area contributed by atoms with Gasteiger partial charge in [-0.2, -0.15) is 0 Å². The van der Waals surface area contributed by atoms with Gasteiger partial charge in [0.05, 0.1) is 19.8 Å². The van der Waals surface area contributed by atoms with Crippen LogP contribution < -0.4 is 15.1 Å². The number of morpholine rings is 1. The molecule has 0 aliphatic carbocycles. The lowest BCUT2D eigenvalue weighted by Gasteiger charge is -2.29. The van der Waals surface area contributed by atoms with Crippen molar-refractivity contribution in [2.75, 3.05) is 55.0 Å². The molecule has 1 heterocycles. The third-order valence-corrected chi connectivity index (χ3v) is 5.09. The molecule has 1 aliphatic rings. The highest BCUT2D eigenvalue weighted by atomic mass is 16.5. The molecule has 0 spiro atoms. The highest BCUT2D eigenvalue weighted by Gasteiger charge is 2.13. The highest BCUT2D eigenvalue weighted by Crippen LogP contribution is 2.26. The largest absolute Gasteiger partial charge is 0.378 e. The van der Waals surface area contributed by atoms with Crippen molar-refractivity contribution in [2.45, 2.75) is 0 Å². The zero-order chi connectivity index (χ0) is 19.3. The minimum Gasteiger partial charge on any atom is -0.378 e. The second-order valence-corrected chi connectivity index (χ2v) is 7.05. The molecule has 0 unspecified atom stereocenters. The molecule has 0 atom stereocenters. The second-order valence-electron chi connectivity index (χ2n) is 7.05. The number of benzene rings is 3. The maximum atomic E-state index is 12.5. The van der Waals surface area contributed by atoms with Crippen LogP contribution in [0.15, 0.2) is 66.7 Å². The molecule has 0 radical (unpaired) electrons. The van der Waals surface area contributed by atoms with Gasteiger partial charge < -0.3 is 19.9 Å². The van der Waals surface area contributed by atoms with E-state index in [1.54, 1.807) is 0 Å². The van der Waals surface area contributed by atoms with Crippen LogP contribution in [0.5, 0.6) is 0 Å². The van der Waals surface area contributed by atoms with Gasteiger partial charge >= 0.3 is 0 Å². The lowest BCUT2D eigenvalue weighted by Crippen LogP contribution is -2.36. The van der Waals surface area contributed by atoms with Gasteiger partial charge in [0, 0.05) is 42.6 Å². The number of likely N-dealkylation sites (N-methyl/N-ethyl adjacent to an activating group) is 1. The zero-order valence-electron chi connectivity index (χ0n) is 16.1. The van der Waals surface area contributed by atoms with E-state index in [1.807, 2.05) is 48.3 Å². The Balaban J connectivity index is 1.39. The average molecular weight is 375 g/mol. The van der Waals surface area contributed by atoms with Crippen molar-refractivity contribution >= 4 is 33.7 Å². The monoisotopic (exact) mass is 375 g/mol. The summed E-state index contributed by atoms with van der Waals surface area (Å²) in [6, 6.07) is 22.4. The number of ether oxygens (including phenoxy) is 1. The number of rotatable bonds is 5. The molecule has 4 rings (SSSR count). The molecule has 1 aliphatic heterocycles. The summed E-state index contributed by atoms with van der Waals surface area (Å²) in [6.07, 6.45) is 0. The van der Waals surface area contributed by atoms with E-state index in [9.17, 15) is 4.79 Å². The van der Waals surface area contributed by atoms with Crippen LogP contribution in [0, 0.1) is 0 Å². The fourth-order valence-electron chi connectivity index (χ4n) is 3.62. The molecule has 1 saturated heterocycles. The first-order valence-corrected chi connectivity index (χ1v) is 9.62. The summed E-state index contributed by atoms with van der Waals surface area (Å²) in [6.45, 7) is 3.63. The third-order valence-electron chi connectivity index (χ3n) is 5.09. The van der Waals surface area contributed by atoms with E-state index < -0.39 is 0 Å². The van der Waals surface area contributed by atoms with Crippen LogP contribution in [0.25, 0.3) is 10.8 Å². The minimum absolute atomic E-state index is 0.0328. The Morgan fingerprint density at radius 2 is 1.71 bits per heavy atom. The number of hydrogen-bond donors (Lipinski definition) is 1. The van der Waals surface area contributed by atoms with Crippen molar-refractivity contribution in [3.05, 3.63) is 66.7 Å². The van der Waals surface area contributed by atoms with Crippen molar-refractivity contribution in [2.24, 2.45) is 0 Å². The fourth-order valence-corrected chi connectivity index (χ4v) is 3.62. The third kappa shape index (κ3) is 4.10. The molecule has 3 aromatic rings. The topological polar surface area (TPSA) is 44.8 Å². The Hall–Kier alpha value is -3.05. The van der Waals surface area contributed by atoms with Crippen LogP contribution in [0.4, 0.5) is 17.1 Å². The molecule has 5 nitrogen and oxygen atoms in total. The van der Waals surface area contributed by atoms with Gasteiger partial charge in [0.25, 0.3) is 0 Å². The van der Waals surface area contributed by atoms with Crippen molar-refractivity contribution < 1.29 is 9.53 Å². The van der Waals surface area contributed by atoms with E-state index in [2.05, 4.69) is 40.5 Å². The Morgan fingerprint density at radius 3 is 2.50 bits per heavy atom. The fraction of sp³-hybridized carbons (Fsp3) is 0.261. The van der Waals surface area contributed by atoms with E-state index >= 15 is 0 Å². The number of amides is 1. The van der Waals surface area contributed by atoms with E-state index in [0.717, 1.165) is 48.8 Å². The predicted octanol–water partition coefficient (Wildman–Crippen LogP) is 3.75. The first kappa shape index (κ1) is 18.3. The predicted molar refractivity (Wildman–Crippen MR) is 115 cm³/mol. The van der Waals surface area contributed by atoms with Crippen LogP contribution in [-0.4, -0.2) is 45.8 Å². The van der Waals surface area contributed by atoms with E-state index in [1.165, 1.54) is 5.39 Å². The molecule has 3 aromatic carbocycles. The highest BCUT2D eigenvalue weighted by molar-refractivity contribution is 5.98. The summed E-state index contributed by atoms with van der Waals surface area (Å²) in [5, 5.41) is 5.32. The van der Waals surface area contributed by atoms with Gasteiger partial charge in [0.15, 0.2) is 0 Å². The van der Waals surface area contributed by atoms with Crippen LogP contribution in [0.3, 0.4) is 0 Å². The van der Waals surface area contributed by atoms with Crippen LogP contribution in [0.2, 0.25) is 0 Å². The Bertz CT molecular complexity index is 944. The smallest absolute Gasteiger partial charge is 0.243 e. The molecule has 0 bridgehead atoms. The van der Waals surface area contributed by atoms with E-state index in [0.29, 0.717) is 6.54 Å². The minimum atomic E-state index is -0.0328. The van der Waals surface area contributed by atoms with Crippen molar-refractivity contribution in [1.82, 2.24) is 0 Å². The van der Waals surface area contributed by atoms with Crippen LogP contribution >= 0.6 is 0 Å². The normalized spacial score (nSPS) is 14.1. The first-order chi connectivity index (χ1) is 13.7. The number of anilines is 3. The quantitative estimate of drug-likeness (QED) is 0.738. The lowest BCUT2D eigenvalue weighted by molar-refractivity contribution is -0.114. The van der Waals surface area contributed by atoms with Crippen molar-refractivity contribution in [1.29, 1.82) is 0 Å². The Kier molecular flexibility index (Phi) is 5.44. The van der Waals surface area contributed by atoms with Gasteiger partial charge in [-0.15, -0.1) is 0 Å². The maximum absolute atomic E-state index is 12.5. The van der Waals surface area contributed by atoms with Gasteiger partial charge in [-0.25, -0.2) is 0 Å². The summed E-state index contributed by atoms with van der Waals surface area (Å²) in [5.41, 5.74) is 3.03. The molecule has 0 saturated carbocycles. The van der Waals surface area contributed by atoms with Gasteiger partial charge in [0.2, 0.25) is 5.91 Å². The number of nitrogens with zero attached hydrogens (tertiary/aromatic N) is 2. The number of hydrogen-bond acceptors (Lipinski definition) is 4. The van der Waals surface area contributed by atoms with Gasteiger partial charge in [-0.3, -0.25) is 4.79 Å². The molecule has 1 amide bonds. The molecule has 144 valence electrons. The standard InChI is InChI=1S/C23H25N3O2/c1-25(22-8-4-6-18-5-2-3-7-21(18)22)17-23(27)24-19-9-11-20(12-10-19)26-13-15-28-16-14-26/h2-12H,13-17H2,1H3,(H,24,27). The van der Waals surface area contributed by atoms with Gasteiger partial charge in [-0.1, -0.05) is 36.4 Å². The SMILES string of the molecule is CN(CC(=O)Nc1ccc(N2CCOCC2)cc1)c1cccc2ccccc12. The number of carbonyl (C=O) groups excluding carboxylic acids is 1. The van der Waals surface area contributed by atoms with Crippen LogP contribution in [-0.2, 0) is 9.53 Å². The first-order valence-electron chi connectivity index (χ1n) is 9.62. The Morgan fingerprint density at radius 1 is 1.00 bits per heavy atom. The maximum Gasteiger partial charge on any atom is 0.243 e. The number of fused-ring (bicyclic) bond motifs is 1. The Labute approximate surface area is 165 Å². The van der Waals surface area contributed by atoms with Crippen molar-refractivity contribution in [3.63, 3.8) is 0 Å². The molecular formula is C23H25N3O2. The van der Waals surface area contributed by atoms with Gasteiger partial charge in [0.1, 0.15) is 0 Å². The number of carbonyl (C=O) groups is 1. The van der Waals surface area contributed by atoms with Gasteiger partial charge in [-0.05, 0) is 35.7 Å². The number of nitrogens with one attached hydrogen (secondary N) is 1. The second kappa shape index (κ2) is 8.31. The summed E-state index contributed by atoms with van der Waals surface area (Å²) in [7, 11) is 1.95. The molecular weight excluding hydrogens is 350 g/mol. The molecule has 28 heavy (non-hydrogen) atoms. The van der Waals surface area contributed by atoms with E-state index in [4.69, 9.17) is 4.74 Å². The summed E-state index contributed by atoms with van der Waals surface area (Å²) in [4.78, 5) is 16.8. The summed E-state index contributed by atoms with van der Waals surface area (Å²) in [5.74, 6) is -0.0328. The zero-order valence-corrected chi connectivity index (χ0v) is 16.1.